The second kappa shape index (κ2) is 5.28. The first-order valence-electron chi connectivity index (χ1n) is 6.01. The van der Waals surface area contributed by atoms with Crippen LogP contribution < -0.4 is 5.32 Å². The minimum atomic E-state index is -1.12. The van der Waals surface area contributed by atoms with Gasteiger partial charge in [-0.15, -0.1) is 11.3 Å². The maximum atomic E-state index is 12.0. The Kier molecular flexibility index (Phi) is 4.35. The summed E-state index contributed by atoms with van der Waals surface area (Å²) in [7, 11) is 0. The third-order valence-electron chi connectivity index (χ3n) is 2.34. The molecule has 5 nitrogen and oxygen atoms in total. The number of hydrogen-bond acceptors (Lipinski definition) is 4. The van der Waals surface area contributed by atoms with Crippen LogP contribution in [0.2, 0.25) is 0 Å². The number of carbonyl (C=O) groups excluding carboxylic acids is 1. The fourth-order valence-corrected chi connectivity index (χ4v) is 2.89. The number of nitrogens with one attached hydrogen (secondary N) is 1. The predicted molar refractivity (Wildman–Crippen MR) is 74.7 cm³/mol. The van der Waals surface area contributed by atoms with Crippen molar-refractivity contribution in [2.45, 2.75) is 46.6 Å². The average molecular weight is 284 g/mol. The molecule has 0 spiro atoms. The quantitative estimate of drug-likeness (QED) is 0.891. The molecule has 0 aliphatic carbocycles. The van der Waals surface area contributed by atoms with Crippen LogP contribution in [0.4, 0.5) is 0 Å². The zero-order valence-corrected chi connectivity index (χ0v) is 12.7. The van der Waals surface area contributed by atoms with Gasteiger partial charge in [0, 0.05) is 10.9 Å². The predicted octanol–water partition coefficient (Wildman–Crippen LogP) is 2.79. The van der Waals surface area contributed by atoms with E-state index >= 15 is 0 Å². The number of aromatic carboxylic acids is 1. The van der Waals surface area contributed by atoms with Crippen molar-refractivity contribution in [3.8, 4) is 0 Å². The van der Waals surface area contributed by atoms with Crippen LogP contribution in [-0.4, -0.2) is 27.5 Å². The summed E-state index contributed by atoms with van der Waals surface area (Å²) < 4.78 is 0. The highest BCUT2D eigenvalue weighted by Crippen LogP contribution is 2.27. The van der Waals surface area contributed by atoms with Gasteiger partial charge in [-0.05, 0) is 25.7 Å². The first-order valence-corrected chi connectivity index (χ1v) is 6.89. The lowest BCUT2D eigenvalue weighted by Gasteiger charge is -2.33. The van der Waals surface area contributed by atoms with Crippen LogP contribution in [0.1, 0.15) is 61.3 Å². The lowest BCUT2D eigenvalue weighted by atomic mass is 9.82. The zero-order chi connectivity index (χ0) is 14.8. The number of thiazole rings is 1. The molecule has 0 aromatic carbocycles. The van der Waals surface area contributed by atoms with E-state index in [2.05, 4.69) is 31.1 Å². The molecule has 1 heterocycles. The number of aromatic nitrogens is 1. The van der Waals surface area contributed by atoms with Crippen LogP contribution in [0.15, 0.2) is 5.38 Å². The van der Waals surface area contributed by atoms with Gasteiger partial charge in [0.1, 0.15) is 0 Å². The van der Waals surface area contributed by atoms with E-state index in [1.54, 1.807) is 0 Å². The second-order valence-electron chi connectivity index (χ2n) is 6.42. The van der Waals surface area contributed by atoms with Crippen molar-refractivity contribution in [3.63, 3.8) is 0 Å². The number of hydrogen-bond donors (Lipinski definition) is 2. The Morgan fingerprint density at radius 2 is 1.89 bits per heavy atom. The SMILES string of the molecule is CC(C)(C)CC(C)(C)NC(=O)c1nc(C(=O)O)cs1. The van der Waals surface area contributed by atoms with E-state index in [1.165, 1.54) is 5.38 Å². The van der Waals surface area contributed by atoms with E-state index in [9.17, 15) is 9.59 Å². The monoisotopic (exact) mass is 284 g/mol. The Morgan fingerprint density at radius 1 is 1.32 bits per heavy atom. The van der Waals surface area contributed by atoms with Crippen molar-refractivity contribution in [1.82, 2.24) is 10.3 Å². The van der Waals surface area contributed by atoms with Crippen molar-refractivity contribution in [2.75, 3.05) is 0 Å². The topological polar surface area (TPSA) is 79.3 Å². The van der Waals surface area contributed by atoms with E-state index in [1.807, 2.05) is 13.8 Å². The fourth-order valence-electron chi connectivity index (χ4n) is 2.21. The van der Waals surface area contributed by atoms with Gasteiger partial charge in [0.05, 0.1) is 0 Å². The number of carboxylic acid groups (broad SMARTS) is 1. The summed E-state index contributed by atoms with van der Waals surface area (Å²) in [5.41, 5.74) is -0.375. The van der Waals surface area contributed by atoms with Crippen LogP contribution in [0.5, 0.6) is 0 Å². The summed E-state index contributed by atoms with van der Waals surface area (Å²) in [5, 5.41) is 13.2. The van der Waals surface area contributed by atoms with Crippen LogP contribution in [0.25, 0.3) is 0 Å². The molecule has 1 amide bonds. The number of carboxylic acids is 1. The molecule has 0 unspecified atom stereocenters. The minimum Gasteiger partial charge on any atom is -0.476 e. The summed E-state index contributed by atoms with van der Waals surface area (Å²) >= 11 is 1.04. The largest absolute Gasteiger partial charge is 0.476 e. The first kappa shape index (κ1) is 15.6. The fraction of sp³-hybridized carbons (Fsp3) is 0.615. The molecule has 1 aromatic heterocycles. The highest BCUT2D eigenvalue weighted by atomic mass is 32.1. The third-order valence-corrected chi connectivity index (χ3v) is 3.18. The molecule has 19 heavy (non-hydrogen) atoms. The number of amides is 1. The van der Waals surface area contributed by atoms with Crippen molar-refractivity contribution in [1.29, 1.82) is 0 Å². The van der Waals surface area contributed by atoms with Gasteiger partial charge in [0.15, 0.2) is 10.7 Å². The molecule has 0 fully saturated rings. The second-order valence-corrected chi connectivity index (χ2v) is 7.28. The molecule has 0 saturated heterocycles. The first-order chi connectivity index (χ1) is 8.50. The van der Waals surface area contributed by atoms with E-state index in [0.717, 1.165) is 17.8 Å². The smallest absolute Gasteiger partial charge is 0.355 e. The summed E-state index contributed by atoms with van der Waals surface area (Å²) in [5.74, 6) is -1.45. The average Bonchev–Trinajstić information content (AvgIpc) is 2.60. The van der Waals surface area contributed by atoms with Gasteiger partial charge >= 0.3 is 5.97 Å². The normalized spacial score (nSPS) is 12.3. The summed E-state index contributed by atoms with van der Waals surface area (Å²) in [4.78, 5) is 26.5. The molecule has 0 radical (unpaired) electrons. The molecule has 1 aromatic rings. The van der Waals surface area contributed by atoms with Gasteiger partial charge in [-0.1, -0.05) is 20.8 Å². The van der Waals surface area contributed by atoms with E-state index in [-0.39, 0.29) is 27.6 Å². The van der Waals surface area contributed by atoms with Gasteiger partial charge in [-0.25, -0.2) is 9.78 Å². The van der Waals surface area contributed by atoms with Crippen LogP contribution in [-0.2, 0) is 0 Å². The van der Waals surface area contributed by atoms with Gasteiger partial charge < -0.3 is 10.4 Å². The number of carbonyl (C=O) groups is 2. The van der Waals surface area contributed by atoms with Crippen molar-refractivity contribution in [2.24, 2.45) is 5.41 Å². The third kappa shape index (κ3) is 4.98. The summed E-state index contributed by atoms with van der Waals surface area (Å²) in [6, 6.07) is 0. The Morgan fingerprint density at radius 3 is 2.32 bits per heavy atom. The minimum absolute atomic E-state index is 0.0892. The molecule has 0 aliphatic rings. The molecule has 0 bridgehead atoms. The van der Waals surface area contributed by atoms with E-state index in [4.69, 9.17) is 5.11 Å². The van der Waals surface area contributed by atoms with Crippen LogP contribution >= 0.6 is 11.3 Å². The molecule has 0 saturated carbocycles. The molecular weight excluding hydrogens is 264 g/mol. The highest BCUT2D eigenvalue weighted by molar-refractivity contribution is 7.11. The standard InChI is InChI=1S/C13H20N2O3S/c1-12(2,3)7-13(4,5)15-9(16)10-14-8(6-19-10)11(17)18/h6H,7H2,1-5H3,(H,15,16)(H,17,18). The lowest BCUT2D eigenvalue weighted by molar-refractivity contribution is 0.0691. The van der Waals surface area contributed by atoms with Crippen LogP contribution in [0.3, 0.4) is 0 Å². The molecule has 6 heteroatoms. The van der Waals surface area contributed by atoms with E-state index < -0.39 is 5.97 Å². The number of rotatable bonds is 4. The highest BCUT2D eigenvalue weighted by Gasteiger charge is 2.28. The Bertz CT molecular complexity index is 486. The Hall–Kier alpha value is -1.43. The van der Waals surface area contributed by atoms with Gasteiger partial charge in [-0.2, -0.15) is 0 Å². The molecule has 0 aliphatic heterocycles. The summed E-state index contributed by atoms with van der Waals surface area (Å²) in [6.45, 7) is 10.2. The number of nitrogens with zero attached hydrogens (tertiary/aromatic N) is 1. The van der Waals surface area contributed by atoms with Crippen LogP contribution in [0, 0.1) is 5.41 Å². The molecule has 0 atom stereocenters. The lowest BCUT2D eigenvalue weighted by Crippen LogP contribution is -2.45. The van der Waals surface area contributed by atoms with Crippen molar-refractivity contribution >= 4 is 23.2 Å². The molecule has 1 rings (SSSR count). The van der Waals surface area contributed by atoms with Crippen molar-refractivity contribution in [3.05, 3.63) is 16.1 Å². The van der Waals surface area contributed by atoms with Gasteiger partial charge in [-0.3, -0.25) is 4.79 Å². The van der Waals surface area contributed by atoms with Gasteiger partial charge in [0.2, 0.25) is 0 Å². The Labute approximate surface area is 117 Å². The molecular formula is C13H20N2O3S. The van der Waals surface area contributed by atoms with Crippen molar-refractivity contribution < 1.29 is 14.7 Å². The maximum Gasteiger partial charge on any atom is 0.355 e. The van der Waals surface area contributed by atoms with E-state index in [0.29, 0.717) is 0 Å². The molecule has 2 N–H and O–H groups in total. The maximum absolute atomic E-state index is 12.0. The molecule has 106 valence electrons. The Balaban J connectivity index is 2.75. The zero-order valence-electron chi connectivity index (χ0n) is 11.9. The van der Waals surface area contributed by atoms with Gasteiger partial charge in [0.25, 0.3) is 5.91 Å². The summed E-state index contributed by atoms with van der Waals surface area (Å²) in [6.07, 6.45) is 0.808.